The van der Waals surface area contributed by atoms with Crippen LogP contribution in [0.15, 0.2) is 30.3 Å². The SMILES string of the molecule is C[C@@H]1CN(C(=O)CCCNC(=O)c2ccccc2)CC(C(=O)O)O1. The Bertz CT molecular complexity index is 590. The van der Waals surface area contributed by atoms with Crippen LogP contribution >= 0.6 is 0 Å². The van der Waals surface area contributed by atoms with E-state index in [-0.39, 0.29) is 30.9 Å². The first-order chi connectivity index (χ1) is 11.5. The zero-order valence-corrected chi connectivity index (χ0v) is 13.6. The molecule has 2 N–H and O–H groups in total. The minimum Gasteiger partial charge on any atom is -0.479 e. The molecule has 0 aromatic heterocycles. The highest BCUT2D eigenvalue weighted by Gasteiger charge is 2.32. The molecular formula is C17H22N2O5. The first-order valence-corrected chi connectivity index (χ1v) is 7.96. The molecule has 0 aliphatic carbocycles. The van der Waals surface area contributed by atoms with E-state index in [1.807, 2.05) is 6.07 Å². The van der Waals surface area contributed by atoms with Crippen molar-refractivity contribution in [3.8, 4) is 0 Å². The normalized spacial score (nSPS) is 20.5. The average molecular weight is 334 g/mol. The molecule has 0 spiro atoms. The van der Waals surface area contributed by atoms with Crippen LogP contribution in [0.5, 0.6) is 0 Å². The highest BCUT2D eigenvalue weighted by atomic mass is 16.5. The number of nitrogens with zero attached hydrogens (tertiary/aromatic N) is 1. The van der Waals surface area contributed by atoms with Gasteiger partial charge in [-0.3, -0.25) is 9.59 Å². The molecule has 1 aliphatic rings. The maximum atomic E-state index is 12.2. The van der Waals surface area contributed by atoms with Crippen molar-refractivity contribution in [2.45, 2.75) is 32.0 Å². The lowest BCUT2D eigenvalue weighted by atomic mass is 10.2. The van der Waals surface area contributed by atoms with Gasteiger partial charge in [-0.25, -0.2) is 4.79 Å². The number of hydrogen-bond acceptors (Lipinski definition) is 4. The molecule has 1 aromatic rings. The molecule has 2 rings (SSSR count). The molecule has 24 heavy (non-hydrogen) atoms. The van der Waals surface area contributed by atoms with E-state index in [0.717, 1.165) is 0 Å². The van der Waals surface area contributed by atoms with Crippen molar-refractivity contribution in [3.05, 3.63) is 35.9 Å². The maximum absolute atomic E-state index is 12.2. The summed E-state index contributed by atoms with van der Waals surface area (Å²) in [5.41, 5.74) is 0.579. The second-order valence-electron chi connectivity index (χ2n) is 5.80. The summed E-state index contributed by atoms with van der Waals surface area (Å²) in [4.78, 5) is 36.6. The number of carbonyl (C=O) groups excluding carboxylic acids is 2. The number of amides is 2. The zero-order valence-electron chi connectivity index (χ0n) is 13.6. The average Bonchev–Trinajstić information content (AvgIpc) is 2.58. The highest BCUT2D eigenvalue weighted by Crippen LogP contribution is 2.13. The van der Waals surface area contributed by atoms with Gasteiger partial charge in [0.2, 0.25) is 5.91 Å². The summed E-state index contributed by atoms with van der Waals surface area (Å²) in [6.07, 6.45) is -0.522. The number of benzene rings is 1. The Hall–Kier alpha value is -2.41. The Labute approximate surface area is 140 Å². The third-order valence-corrected chi connectivity index (χ3v) is 3.78. The lowest BCUT2D eigenvalue weighted by molar-refractivity contribution is -0.166. The van der Waals surface area contributed by atoms with Crippen LogP contribution in [0.25, 0.3) is 0 Å². The molecule has 0 saturated carbocycles. The van der Waals surface area contributed by atoms with Crippen molar-refractivity contribution in [2.75, 3.05) is 19.6 Å². The van der Waals surface area contributed by atoms with Gasteiger partial charge < -0.3 is 20.1 Å². The summed E-state index contributed by atoms with van der Waals surface area (Å²) >= 11 is 0. The van der Waals surface area contributed by atoms with Crippen LogP contribution in [0.2, 0.25) is 0 Å². The summed E-state index contributed by atoms with van der Waals surface area (Å²) in [7, 11) is 0. The smallest absolute Gasteiger partial charge is 0.334 e. The largest absolute Gasteiger partial charge is 0.479 e. The van der Waals surface area contributed by atoms with E-state index in [1.54, 1.807) is 31.2 Å². The van der Waals surface area contributed by atoms with Crippen LogP contribution < -0.4 is 5.32 Å². The molecule has 0 radical (unpaired) electrons. The van der Waals surface area contributed by atoms with Gasteiger partial charge in [-0.15, -0.1) is 0 Å². The Morgan fingerprint density at radius 2 is 1.96 bits per heavy atom. The van der Waals surface area contributed by atoms with Gasteiger partial charge in [-0.2, -0.15) is 0 Å². The lowest BCUT2D eigenvalue weighted by Gasteiger charge is -2.35. The van der Waals surface area contributed by atoms with Crippen molar-refractivity contribution < 1.29 is 24.2 Å². The first-order valence-electron chi connectivity index (χ1n) is 7.96. The lowest BCUT2D eigenvalue weighted by Crippen LogP contribution is -2.51. The van der Waals surface area contributed by atoms with E-state index in [4.69, 9.17) is 9.84 Å². The molecule has 1 unspecified atom stereocenters. The first kappa shape index (κ1) is 17.9. The Kier molecular flexibility index (Phi) is 6.31. The molecule has 130 valence electrons. The van der Waals surface area contributed by atoms with Gasteiger partial charge in [-0.05, 0) is 25.5 Å². The summed E-state index contributed by atoms with van der Waals surface area (Å²) in [5, 5.41) is 11.8. The van der Waals surface area contributed by atoms with Gasteiger partial charge in [0.05, 0.1) is 12.6 Å². The van der Waals surface area contributed by atoms with Gasteiger partial charge in [0, 0.05) is 25.1 Å². The van der Waals surface area contributed by atoms with E-state index >= 15 is 0 Å². The van der Waals surface area contributed by atoms with E-state index in [1.165, 1.54) is 4.90 Å². The predicted octanol–water partition coefficient (Wildman–Crippen LogP) is 0.897. The van der Waals surface area contributed by atoms with E-state index < -0.39 is 12.1 Å². The fourth-order valence-corrected chi connectivity index (χ4v) is 2.58. The zero-order chi connectivity index (χ0) is 17.5. The fraction of sp³-hybridized carbons (Fsp3) is 0.471. The molecule has 1 fully saturated rings. The fourth-order valence-electron chi connectivity index (χ4n) is 2.58. The van der Waals surface area contributed by atoms with Crippen molar-refractivity contribution in [2.24, 2.45) is 0 Å². The third kappa shape index (κ3) is 5.06. The number of ether oxygens (including phenoxy) is 1. The maximum Gasteiger partial charge on any atom is 0.334 e. The molecule has 2 amide bonds. The Balaban J connectivity index is 1.73. The van der Waals surface area contributed by atoms with Crippen LogP contribution in [-0.2, 0) is 14.3 Å². The molecule has 0 bridgehead atoms. The number of rotatable bonds is 6. The number of hydrogen-bond donors (Lipinski definition) is 2. The third-order valence-electron chi connectivity index (χ3n) is 3.78. The van der Waals surface area contributed by atoms with Gasteiger partial charge in [0.25, 0.3) is 5.91 Å². The van der Waals surface area contributed by atoms with Gasteiger partial charge >= 0.3 is 5.97 Å². The van der Waals surface area contributed by atoms with Crippen LogP contribution in [0.4, 0.5) is 0 Å². The second-order valence-corrected chi connectivity index (χ2v) is 5.80. The Morgan fingerprint density at radius 3 is 2.62 bits per heavy atom. The minimum absolute atomic E-state index is 0.0644. The van der Waals surface area contributed by atoms with Crippen LogP contribution in [0.1, 0.15) is 30.1 Å². The topological polar surface area (TPSA) is 95.9 Å². The van der Waals surface area contributed by atoms with E-state index in [2.05, 4.69) is 5.32 Å². The van der Waals surface area contributed by atoms with Crippen LogP contribution in [0, 0.1) is 0 Å². The summed E-state index contributed by atoms with van der Waals surface area (Å²) in [6.45, 7) is 2.59. The van der Waals surface area contributed by atoms with Gasteiger partial charge in [0.1, 0.15) is 0 Å². The molecule has 1 heterocycles. The van der Waals surface area contributed by atoms with E-state index in [0.29, 0.717) is 25.1 Å². The monoisotopic (exact) mass is 334 g/mol. The minimum atomic E-state index is -1.06. The van der Waals surface area contributed by atoms with Crippen molar-refractivity contribution >= 4 is 17.8 Å². The summed E-state index contributed by atoms with van der Waals surface area (Å²) < 4.78 is 5.28. The van der Waals surface area contributed by atoms with Gasteiger partial charge in [0.15, 0.2) is 6.10 Å². The van der Waals surface area contributed by atoms with Gasteiger partial charge in [-0.1, -0.05) is 18.2 Å². The summed E-state index contributed by atoms with van der Waals surface area (Å²) in [5.74, 6) is -1.35. The number of aliphatic carboxylic acids is 1. The van der Waals surface area contributed by atoms with Crippen LogP contribution in [-0.4, -0.2) is 59.6 Å². The Morgan fingerprint density at radius 1 is 1.25 bits per heavy atom. The number of carboxylic acids is 1. The molecule has 2 atom stereocenters. The molecule has 7 heteroatoms. The summed E-state index contributed by atoms with van der Waals surface area (Å²) in [6, 6.07) is 8.86. The van der Waals surface area contributed by atoms with Crippen molar-refractivity contribution in [1.82, 2.24) is 10.2 Å². The predicted molar refractivity (Wildman–Crippen MR) is 86.6 cm³/mol. The van der Waals surface area contributed by atoms with Crippen LogP contribution in [0.3, 0.4) is 0 Å². The molecular weight excluding hydrogens is 312 g/mol. The van der Waals surface area contributed by atoms with Crippen molar-refractivity contribution in [3.63, 3.8) is 0 Å². The number of carboxylic acid groups (broad SMARTS) is 1. The van der Waals surface area contributed by atoms with Crippen molar-refractivity contribution in [1.29, 1.82) is 0 Å². The molecule has 1 aromatic carbocycles. The van der Waals surface area contributed by atoms with E-state index in [9.17, 15) is 14.4 Å². The standard InChI is InChI=1S/C17H22N2O5/c1-12-10-19(11-14(24-12)17(22)23)15(20)8-5-9-18-16(21)13-6-3-2-4-7-13/h2-4,6-7,12,14H,5,8-11H2,1H3,(H,18,21)(H,22,23)/t12-,14?/m1/s1. The quantitative estimate of drug-likeness (QED) is 0.754. The molecule has 1 saturated heterocycles. The number of morpholine rings is 1. The molecule has 1 aliphatic heterocycles. The highest BCUT2D eigenvalue weighted by molar-refractivity contribution is 5.94. The molecule has 7 nitrogen and oxygen atoms in total. The number of nitrogens with one attached hydrogen (secondary N) is 1. The second kappa shape index (κ2) is 8.44. The number of carbonyl (C=O) groups is 3.